The van der Waals surface area contributed by atoms with Gasteiger partial charge in [0.05, 0.1) is 17.3 Å². The van der Waals surface area contributed by atoms with Crippen LogP contribution in [0.1, 0.15) is 77.2 Å². The van der Waals surface area contributed by atoms with Crippen LogP contribution in [-0.4, -0.2) is 39.8 Å². The van der Waals surface area contributed by atoms with E-state index in [1.54, 1.807) is 13.0 Å². The summed E-state index contributed by atoms with van der Waals surface area (Å²) in [5, 5.41) is 23.7. The van der Waals surface area contributed by atoms with Gasteiger partial charge >= 0.3 is 11.6 Å². The van der Waals surface area contributed by atoms with E-state index in [4.69, 9.17) is 9.15 Å². The van der Waals surface area contributed by atoms with E-state index in [0.29, 0.717) is 24.8 Å². The standard InChI is InChI=1S/C26H34O7/c1-14(27)33-17-8-10-24(2)16(12-17)5-6-19-21(24)22(29)23(30)25(3)18(9-11-26(19,25)31)15-4-7-20(28)32-13-15/h4,7,13,16-19,21-22,29,31H,5-6,8-12H2,1-3H3/t16-,17+,18-,19-,21-,22+,24+,25+,26+/m1/s1. The number of esters is 1. The molecule has 0 spiro atoms. The molecule has 4 aliphatic rings. The minimum absolute atomic E-state index is 0.120. The number of aliphatic hydroxyl groups excluding tert-OH is 1. The lowest BCUT2D eigenvalue weighted by Crippen LogP contribution is -2.70. The number of carbonyl (C=O) groups excluding carboxylic acids is 2. The van der Waals surface area contributed by atoms with Crippen molar-refractivity contribution < 1.29 is 29.0 Å². The first-order valence-corrected chi connectivity index (χ1v) is 12.2. The minimum Gasteiger partial charge on any atom is -0.463 e. The quantitative estimate of drug-likeness (QED) is 0.655. The van der Waals surface area contributed by atoms with E-state index in [1.165, 1.54) is 19.3 Å². The van der Waals surface area contributed by atoms with Crippen molar-refractivity contribution in [1.82, 2.24) is 0 Å². The summed E-state index contributed by atoms with van der Waals surface area (Å²) in [6.07, 6.45) is 4.98. The summed E-state index contributed by atoms with van der Waals surface area (Å²) in [7, 11) is 0. The van der Waals surface area contributed by atoms with Crippen molar-refractivity contribution in [2.24, 2.45) is 28.6 Å². The minimum atomic E-state index is -1.23. The number of ether oxygens (including phenoxy) is 1. The van der Waals surface area contributed by atoms with Gasteiger partial charge in [-0.2, -0.15) is 0 Å². The van der Waals surface area contributed by atoms with Gasteiger partial charge in [0.1, 0.15) is 12.2 Å². The van der Waals surface area contributed by atoms with E-state index in [9.17, 15) is 24.6 Å². The fourth-order valence-corrected chi connectivity index (χ4v) is 8.45. The average molecular weight is 459 g/mol. The van der Waals surface area contributed by atoms with Crippen LogP contribution in [-0.2, 0) is 14.3 Å². The molecule has 0 saturated heterocycles. The van der Waals surface area contributed by atoms with E-state index in [0.717, 1.165) is 25.7 Å². The molecule has 33 heavy (non-hydrogen) atoms. The summed E-state index contributed by atoms with van der Waals surface area (Å²) in [6, 6.07) is 3.02. The van der Waals surface area contributed by atoms with Gasteiger partial charge in [-0.05, 0) is 80.8 Å². The van der Waals surface area contributed by atoms with E-state index in [1.807, 2.05) is 0 Å². The van der Waals surface area contributed by atoms with Crippen LogP contribution in [0.25, 0.3) is 0 Å². The van der Waals surface area contributed by atoms with Crippen LogP contribution in [0.5, 0.6) is 0 Å². The topological polar surface area (TPSA) is 114 Å². The summed E-state index contributed by atoms with van der Waals surface area (Å²) < 4.78 is 10.6. The third-order valence-electron chi connectivity index (χ3n) is 10.1. The monoisotopic (exact) mass is 458 g/mol. The van der Waals surface area contributed by atoms with Crippen molar-refractivity contribution in [2.45, 2.75) is 89.4 Å². The Morgan fingerprint density at radius 3 is 2.55 bits per heavy atom. The number of fused-ring (bicyclic) bond motifs is 5. The van der Waals surface area contributed by atoms with E-state index < -0.39 is 22.7 Å². The molecule has 0 aliphatic heterocycles. The van der Waals surface area contributed by atoms with Crippen molar-refractivity contribution in [3.05, 3.63) is 34.4 Å². The second-order valence-corrected chi connectivity index (χ2v) is 11.3. The maximum atomic E-state index is 13.9. The molecule has 180 valence electrons. The fraction of sp³-hybridized carbons (Fsp3) is 0.731. The number of ketones is 1. The summed E-state index contributed by atoms with van der Waals surface area (Å²) in [5.74, 6) is -1.18. The normalized spacial score (nSPS) is 46.8. The van der Waals surface area contributed by atoms with Gasteiger partial charge in [-0.15, -0.1) is 0 Å². The molecule has 7 heteroatoms. The largest absolute Gasteiger partial charge is 0.463 e. The lowest BCUT2D eigenvalue weighted by molar-refractivity contribution is -0.229. The van der Waals surface area contributed by atoms with Crippen LogP contribution in [0.15, 0.2) is 27.6 Å². The maximum Gasteiger partial charge on any atom is 0.335 e. The molecule has 1 aromatic heterocycles. The number of aliphatic hydroxyl groups is 2. The Kier molecular flexibility index (Phi) is 5.18. The summed E-state index contributed by atoms with van der Waals surface area (Å²) in [4.78, 5) is 36.8. The highest BCUT2D eigenvalue weighted by Gasteiger charge is 2.73. The molecule has 9 atom stereocenters. The van der Waals surface area contributed by atoms with Crippen molar-refractivity contribution >= 4 is 11.8 Å². The zero-order chi connectivity index (χ0) is 23.8. The Hall–Kier alpha value is -1.99. The van der Waals surface area contributed by atoms with Crippen molar-refractivity contribution in [1.29, 1.82) is 0 Å². The highest BCUT2D eigenvalue weighted by Crippen LogP contribution is 2.69. The van der Waals surface area contributed by atoms with Gasteiger partial charge in [0.25, 0.3) is 0 Å². The lowest BCUT2D eigenvalue weighted by atomic mass is 9.42. The number of rotatable bonds is 2. The number of Topliss-reactive ketones (excluding diaryl/α,β-unsaturated/α-hetero) is 1. The van der Waals surface area contributed by atoms with Crippen LogP contribution in [0.3, 0.4) is 0 Å². The summed E-state index contributed by atoms with van der Waals surface area (Å²) in [5.41, 5.74) is -2.42. The molecule has 5 rings (SSSR count). The van der Waals surface area contributed by atoms with Crippen LogP contribution in [0.4, 0.5) is 0 Å². The highest BCUT2D eigenvalue weighted by atomic mass is 16.5. The molecule has 2 N–H and O–H groups in total. The maximum absolute atomic E-state index is 13.9. The van der Waals surface area contributed by atoms with Gasteiger partial charge < -0.3 is 19.4 Å². The summed E-state index contributed by atoms with van der Waals surface area (Å²) >= 11 is 0. The molecule has 4 fully saturated rings. The Morgan fingerprint density at radius 2 is 1.88 bits per heavy atom. The third kappa shape index (κ3) is 3.04. The molecule has 0 radical (unpaired) electrons. The molecule has 1 heterocycles. The van der Waals surface area contributed by atoms with E-state index >= 15 is 0 Å². The van der Waals surface area contributed by atoms with Crippen LogP contribution < -0.4 is 5.63 Å². The smallest absolute Gasteiger partial charge is 0.335 e. The predicted octanol–water partition coefficient (Wildman–Crippen LogP) is 2.96. The first kappa shape index (κ1) is 22.8. The van der Waals surface area contributed by atoms with Gasteiger partial charge in [0.15, 0.2) is 5.78 Å². The summed E-state index contributed by atoms with van der Waals surface area (Å²) in [6.45, 7) is 5.38. The van der Waals surface area contributed by atoms with Gasteiger partial charge in [-0.3, -0.25) is 9.59 Å². The Bertz CT molecular complexity index is 1010. The van der Waals surface area contributed by atoms with Gasteiger partial charge in [0, 0.05) is 24.8 Å². The molecular weight excluding hydrogens is 424 g/mol. The van der Waals surface area contributed by atoms with Gasteiger partial charge in [0.2, 0.25) is 0 Å². The zero-order valence-electron chi connectivity index (χ0n) is 19.6. The molecular formula is C26H34O7. The predicted molar refractivity (Wildman–Crippen MR) is 118 cm³/mol. The Balaban J connectivity index is 1.50. The second-order valence-electron chi connectivity index (χ2n) is 11.3. The number of hydrogen-bond donors (Lipinski definition) is 2. The third-order valence-corrected chi connectivity index (χ3v) is 10.1. The van der Waals surface area contributed by atoms with E-state index in [-0.39, 0.29) is 46.9 Å². The second kappa shape index (κ2) is 7.51. The fourth-order valence-electron chi connectivity index (χ4n) is 8.45. The SMILES string of the molecule is CC(=O)O[C@H]1CC[C@@]2(C)[C@H](CC[C@@H]3[C@@H]2[C@H](O)C(=O)[C@]2(C)[C@@H](c4ccc(=O)oc4)CC[C@]32O)C1. The molecule has 4 aliphatic carbocycles. The molecule has 1 aromatic rings. The molecule has 7 nitrogen and oxygen atoms in total. The molecule has 0 bridgehead atoms. The van der Waals surface area contributed by atoms with Crippen LogP contribution in [0.2, 0.25) is 0 Å². The molecule has 4 saturated carbocycles. The lowest BCUT2D eigenvalue weighted by Gasteiger charge is -2.64. The molecule has 0 amide bonds. The number of carbonyl (C=O) groups is 2. The zero-order valence-corrected chi connectivity index (χ0v) is 19.6. The number of hydrogen-bond acceptors (Lipinski definition) is 7. The van der Waals surface area contributed by atoms with Crippen molar-refractivity contribution in [3.8, 4) is 0 Å². The molecule has 0 unspecified atom stereocenters. The van der Waals surface area contributed by atoms with Crippen molar-refractivity contribution in [2.75, 3.05) is 0 Å². The van der Waals surface area contributed by atoms with Gasteiger partial charge in [-0.1, -0.05) is 6.92 Å². The Labute approximate surface area is 193 Å². The average Bonchev–Trinajstić information content (AvgIpc) is 3.05. The first-order valence-electron chi connectivity index (χ1n) is 12.2. The first-order chi connectivity index (χ1) is 15.5. The van der Waals surface area contributed by atoms with Gasteiger partial charge in [-0.25, -0.2) is 4.79 Å². The van der Waals surface area contributed by atoms with E-state index in [2.05, 4.69) is 6.92 Å². The van der Waals surface area contributed by atoms with Crippen LogP contribution in [0, 0.1) is 28.6 Å². The highest BCUT2D eigenvalue weighted by molar-refractivity contribution is 5.93. The van der Waals surface area contributed by atoms with Crippen molar-refractivity contribution in [3.63, 3.8) is 0 Å². The Morgan fingerprint density at radius 1 is 1.12 bits per heavy atom. The van der Waals surface area contributed by atoms with Crippen LogP contribution >= 0.6 is 0 Å². The molecule has 0 aromatic carbocycles.